The first-order valence-electron chi connectivity index (χ1n) is 6.86. The van der Waals surface area contributed by atoms with Gasteiger partial charge in [-0.2, -0.15) is 5.10 Å². The van der Waals surface area contributed by atoms with Gasteiger partial charge in [-0.1, -0.05) is 42.5 Å². The predicted octanol–water partition coefficient (Wildman–Crippen LogP) is 3.16. The number of nitrogens with zero attached hydrogens (tertiary/aromatic N) is 2. The highest BCUT2D eigenvalue weighted by Crippen LogP contribution is 2.32. The number of phenols is 1. The van der Waals surface area contributed by atoms with Crippen LogP contribution in [0.2, 0.25) is 0 Å². The number of benzene rings is 3. The van der Waals surface area contributed by atoms with Gasteiger partial charge in [-0.15, -0.1) is 0 Å². The van der Waals surface area contributed by atoms with E-state index < -0.39 is 4.92 Å². The molecule has 6 nitrogen and oxygen atoms in total. The van der Waals surface area contributed by atoms with Crippen LogP contribution < -0.4 is 5.84 Å². The van der Waals surface area contributed by atoms with Crippen molar-refractivity contribution in [3.05, 3.63) is 81.9 Å². The fraction of sp³-hybridized carbons (Fsp3) is 0. The van der Waals surface area contributed by atoms with E-state index in [-0.39, 0.29) is 22.7 Å². The highest BCUT2D eigenvalue weighted by Gasteiger charge is 2.22. The molecule has 23 heavy (non-hydrogen) atoms. The number of para-hydroxylation sites is 1. The van der Waals surface area contributed by atoms with E-state index in [4.69, 9.17) is 5.84 Å². The molecule has 0 aliphatic carbocycles. The molecule has 0 saturated heterocycles. The van der Waals surface area contributed by atoms with E-state index in [1.54, 1.807) is 24.3 Å². The molecule has 0 spiro atoms. The summed E-state index contributed by atoms with van der Waals surface area (Å²) in [7, 11) is 0. The van der Waals surface area contributed by atoms with Crippen LogP contribution in [0, 0.1) is 10.1 Å². The molecule has 114 valence electrons. The Morgan fingerprint density at radius 3 is 2.48 bits per heavy atom. The molecule has 0 heterocycles. The lowest BCUT2D eigenvalue weighted by molar-refractivity contribution is -0.385. The van der Waals surface area contributed by atoms with E-state index in [2.05, 4.69) is 5.10 Å². The molecular weight excluding hydrogens is 294 g/mol. The van der Waals surface area contributed by atoms with E-state index >= 15 is 0 Å². The Hall–Kier alpha value is -3.41. The molecule has 3 aromatic rings. The van der Waals surface area contributed by atoms with Crippen LogP contribution in [0.15, 0.2) is 65.8 Å². The highest BCUT2D eigenvalue weighted by atomic mass is 16.6. The maximum Gasteiger partial charge on any atom is 0.278 e. The molecule has 0 fully saturated rings. The van der Waals surface area contributed by atoms with Crippen LogP contribution >= 0.6 is 0 Å². The minimum atomic E-state index is -0.497. The second-order valence-electron chi connectivity index (χ2n) is 4.93. The third kappa shape index (κ3) is 2.46. The van der Waals surface area contributed by atoms with Crippen molar-refractivity contribution in [3.8, 4) is 5.75 Å². The third-order valence-corrected chi connectivity index (χ3v) is 3.63. The number of aromatic hydroxyl groups is 1. The molecule has 0 bridgehead atoms. The van der Waals surface area contributed by atoms with Gasteiger partial charge in [-0.25, -0.2) is 0 Å². The largest absolute Gasteiger partial charge is 0.507 e. The second-order valence-corrected chi connectivity index (χ2v) is 4.93. The van der Waals surface area contributed by atoms with Crippen molar-refractivity contribution in [2.75, 3.05) is 0 Å². The number of hydrazone groups is 1. The number of rotatable bonds is 3. The molecule has 3 rings (SSSR count). The molecule has 0 aromatic heterocycles. The molecule has 0 unspecified atom stereocenters. The van der Waals surface area contributed by atoms with Crippen molar-refractivity contribution >= 4 is 22.2 Å². The molecule has 0 atom stereocenters. The summed E-state index contributed by atoms with van der Waals surface area (Å²) in [5.74, 6) is 5.48. The van der Waals surface area contributed by atoms with Crippen molar-refractivity contribution in [3.63, 3.8) is 0 Å². The van der Waals surface area contributed by atoms with Crippen LogP contribution in [0.3, 0.4) is 0 Å². The number of hydrogen-bond acceptors (Lipinski definition) is 5. The van der Waals surface area contributed by atoms with Gasteiger partial charge in [0.2, 0.25) is 0 Å². The smallest absolute Gasteiger partial charge is 0.278 e. The van der Waals surface area contributed by atoms with Crippen molar-refractivity contribution in [1.29, 1.82) is 0 Å². The van der Waals surface area contributed by atoms with Gasteiger partial charge in [0, 0.05) is 6.07 Å². The molecule has 0 aliphatic heterocycles. The van der Waals surface area contributed by atoms with Crippen LogP contribution in [0.1, 0.15) is 11.1 Å². The normalized spacial score (nSPS) is 11.6. The quantitative estimate of drug-likeness (QED) is 0.336. The summed E-state index contributed by atoms with van der Waals surface area (Å²) in [6.45, 7) is 0. The van der Waals surface area contributed by atoms with E-state index in [1.807, 2.05) is 24.3 Å². The minimum Gasteiger partial charge on any atom is -0.507 e. The van der Waals surface area contributed by atoms with Gasteiger partial charge in [0.15, 0.2) is 0 Å². The highest BCUT2D eigenvalue weighted by molar-refractivity contribution is 6.22. The number of nitro groups is 1. The zero-order valence-electron chi connectivity index (χ0n) is 12.0. The Morgan fingerprint density at radius 1 is 1.04 bits per heavy atom. The summed E-state index contributed by atoms with van der Waals surface area (Å²) < 4.78 is 0. The number of phenolic OH excluding ortho intramolecular Hbond substituents is 1. The van der Waals surface area contributed by atoms with Crippen LogP contribution in [0.5, 0.6) is 5.75 Å². The Labute approximate surface area is 131 Å². The number of fused-ring (bicyclic) bond motifs is 1. The van der Waals surface area contributed by atoms with Crippen LogP contribution in [-0.2, 0) is 0 Å². The lowest BCUT2D eigenvalue weighted by Gasteiger charge is -2.11. The van der Waals surface area contributed by atoms with Crippen molar-refractivity contribution in [1.82, 2.24) is 0 Å². The molecule has 6 heteroatoms. The fourth-order valence-electron chi connectivity index (χ4n) is 2.61. The molecule has 0 aliphatic rings. The van der Waals surface area contributed by atoms with Crippen molar-refractivity contribution < 1.29 is 10.0 Å². The van der Waals surface area contributed by atoms with Crippen LogP contribution in [-0.4, -0.2) is 15.7 Å². The van der Waals surface area contributed by atoms with Gasteiger partial charge >= 0.3 is 0 Å². The van der Waals surface area contributed by atoms with E-state index in [9.17, 15) is 15.2 Å². The van der Waals surface area contributed by atoms with Gasteiger partial charge < -0.3 is 10.9 Å². The lowest BCUT2D eigenvalue weighted by atomic mass is 9.94. The summed E-state index contributed by atoms with van der Waals surface area (Å²) >= 11 is 0. The Kier molecular flexibility index (Phi) is 3.64. The zero-order chi connectivity index (χ0) is 16.4. The predicted molar refractivity (Wildman–Crippen MR) is 88.5 cm³/mol. The van der Waals surface area contributed by atoms with E-state index in [0.29, 0.717) is 5.56 Å². The minimum absolute atomic E-state index is 0.0361. The molecular formula is C17H13N3O3. The lowest BCUT2D eigenvalue weighted by Crippen LogP contribution is -2.10. The molecule has 0 radical (unpaired) electrons. The van der Waals surface area contributed by atoms with E-state index in [1.165, 1.54) is 12.1 Å². The van der Waals surface area contributed by atoms with Crippen LogP contribution in [0.4, 0.5) is 5.69 Å². The fourth-order valence-corrected chi connectivity index (χ4v) is 2.61. The first kappa shape index (κ1) is 14.5. The Bertz CT molecular complexity index is 935. The summed E-state index contributed by atoms with van der Waals surface area (Å²) in [5, 5.41) is 26.9. The SMILES string of the molecule is N/N=C(/c1ccccc1[N+](=O)[O-])c1c(O)ccc2ccccc12. The van der Waals surface area contributed by atoms with Crippen molar-refractivity contribution in [2.45, 2.75) is 0 Å². The zero-order valence-corrected chi connectivity index (χ0v) is 12.0. The summed E-state index contributed by atoms with van der Waals surface area (Å²) in [6, 6.07) is 16.8. The maximum atomic E-state index is 11.3. The first-order valence-corrected chi connectivity index (χ1v) is 6.86. The Morgan fingerprint density at radius 2 is 1.74 bits per heavy atom. The molecule has 0 saturated carbocycles. The van der Waals surface area contributed by atoms with Gasteiger partial charge in [0.25, 0.3) is 5.69 Å². The summed E-state index contributed by atoms with van der Waals surface area (Å²) in [5.41, 5.74) is 0.683. The number of hydrogen-bond donors (Lipinski definition) is 2. The maximum absolute atomic E-state index is 11.3. The van der Waals surface area contributed by atoms with Gasteiger partial charge in [-0.05, 0) is 22.9 Å². The molecule has 0 amide bonds. The van der Waals surface area contributed by atoms with Crippen molar-refractivity contribution in [2.24, 2.45) is 10.9 Å². The number of nitro benzene ring substituents is 1. The topological polar surface area (TPSA) is 102 Å². The summed E-state index contributed by atoms with van der Waals surface area (Å²) in [6.07, 6.45) is 0. The molecule has 3 N–H and O–H groups in total. The standard InChI is InChI=1S/C17H13N3O3/c18-19-17(13-7-3-4-8-14(13)20(22)23)16-12-6-2-1-5-11(12)9-10-15(16)21/h1-10,21H,18H2/b19-17-. The first-order chi connectivity index (χ1) is 11.1. The molecule has 3 aromatic carbocycles. The van der Waals surface area contributed by atoms with Gasteiger partial charge in [0.05, 0.1) is 16.1 Å². The summed E-state index contributed by atoms with van der Waals surface area (Å²) in [4.78, 5) is 10.8. The third-order valence-electron chi connectivity index (χ3n) is 3.63. The average molecular weight is 307 g/mol. The van der Waals surface area contributed by atoms with Crippen LogP contribution in [0.25, 0.3) is 10.8 Å². The van der Waals surface area contributed by atoms with Gasteiger partial charge in [-0.3, -0.25) is 10.1 Å². The monoisotopic (exact) mass is 307 g/mol. The van der Waals surface area contributed by atoms with E-state index in [0.717, 1.165) is 10.8 Å². The average Bonchev–Trinajstić information content (AvgIpc) is 2.57. The Balaban J connectivity index is 2.33. The second kappa shape index (κ2) is 5.76. The number of nitrogens with two attached hydrogens (primary N) is 1. The van der Waals surface area contributed by atoms with Gasteiger partial charge in [0.1, 0.15) is 11.5 Å².